The van der Waals surface area contributed by atoms with Crippen molar-refractivity contribution in [3.8, 4) is 0 Å². The molecule has 1 saturated carbocycles. The van der Waals surface area contributed by atoms with E-state index in [1.165, 1.54) is 5.56 Å². The van der Waals surface area contributed by atoms with E-state index in [0.29, 0.717) is 5.92 Å². The van der Waals surface area contributed by atoms with Gasteiger partial charge in [-0.25, -0.2) is 4.79 Å². The van der Waals surface area contributed by atoms with Crippen LogP contribution in [0, 0.1) is 11.8 Å². The number of carbonyl (C=O) groups is 2. The van der Waals surface area contributed by atoms with Gasteiger partial charge >= 0.3 is 5.97 Å². The summed E-state index contributed by atoms with van der Waals surface area (Å²) in [6, 6.07) is 19.3. The summed E-state index contributed by atoms with van der Waals surface area (Å²) in [6.45, 7) is 1.91. The van der Waals surface area contributed by atoms with Gasteiger partial charge in [-0.1, -0.05) is 60.7 Å². The van der Waals surface area contributed by atoms with E-state index < -0.39 is 12.0 Å². The fourth-order valence-electron chi connectivity index (χ4n) is 3.69. The molecule has 1 amide bonds. The molecular formula is C23H27NO3. The van der Waals surface area contributed by atoms with Gasteiger partial charge in [0.2, 0.25) is 5.91 Å². The van der Waals surface area contributed by atoms with Crippen molar-refractivity contribution in [3.05, 3.63) is 71.8 Å². The average Bonchev–Trinajstić information content (AvgIpc) is 3.16. The minimum absolute atomic E-state index is 0.0110. The molecule has 3 rings (SSSR count). The van der Waals surface area contributed by atoms with Gasteiger partial charge in [0, 0.05) is 5.92 Å². The van der Waals surface area contributed by atoms with E-state index >= 15 is 0 Å². The largest absolute Gasteiger partial charge is 0.459 e. The first kappa shape index (κ1) is 19.2. The molecule has 1 aliphatic carbocycles. The Hall–Kier alpha value is -2.62. The quantitative estimate of drug-likeness (QED) is 0.757. The predicted octanol–water partition coefficient (Wildman–Crippen LogP) is 3.89. The van der Waals surface area contributed by atoms with Gasteiger partial charge in [0.05, 0.1) is 0 Å². The van der Waals surface area contributed by atoms with Crippen molar-refractivity contribution in [2.45, 2.75) is 45.3 Å². The summed E-state index contributed by atoms with van der Waals surface area (Å²) in [5.74, 6) is 0.0901. The topological polar surface area (TPSA) is 55.4 Å². The van der Waals surface area contributed by atoms with Crippen molar-refractivity contribution in [1.29, 1.82) is 0 Å². The van der Waals surface area contributed by atoms with Gasteiger partial charge in [0.1, 0.15) is 12.6 Å². The van der Waals surface area contributed by atoms with Crippen LogP contribution in [0.4, 0.5) is 0 Å². The molecule has 0 spiro atoms. The Morgan fingerprint density at radius 2 is 1.63 bits per heavy atom. The molecule has 2 aromatic rings. The van der Waals surface area contributed by atoms with Gasteiger partial charge in [0.15, 0.2) is 0 Å². The van der Waals surface area contributed by atoms with Gasteiger partial charge in [-0.2, -0.15) is 0 Å². The minimum atomic E-state index is -0.630. The van der Waals surface area contributed by atoms with Gasteiger partial charge in [-0.15, -0.1) is 0 Å². The van der Waals surface area contributed by atoms with Gasteiger partial charge in [-0.05, 0) is 49.7 Å². The van der Waals surface area contributed by atoms with E-state index in [4.69, 9.17) is 4.74 Å². The van der Waals surface area contributed by atoms with Crippen molar-refractivity contribution >= 4 is 11.9 Å². The highest BCUT2D eigenvalue weighted by Crippen LogP contribution is 2.33. The number of rotatable bonds is 7. The van der Waals surface area contributed by atoms with E-state index in [-0.39, 0.29) is 18.4 Å². The summed E-state index contributed by atoms with van der Waals surface area (Å²) in [5.41, 5.74) is 2.25. The molecule has 0 aliphatic heterocycles. The zero-order valence-electron chi connectivity index (χ0n) is 15.8. The van der Waals surface area contributed by atoms with Crippen LogP contribution in [-0.4, -0.2) is 17.9 Å². The molecule has 0 heterocycles. The summed E-state index contributed by atoms with van der Waals surface area (Å²) in [5, 5.41) is 2.83. The summed E-state index contributed by atoms with van der Waals surface area (Å²) >= 11 is 0. The van der Waals surface area contributed by atoms with Crippen molar-refractivity contribution in [2.24, 2.45) is 11.8 Å². The molecule has 0 unspecified atom stereocenters. The number of ether oxygens (including phenoxy) is 1. The van der Waals surface area contributed by atoms with Gasteiger partial charge < -0.3 is 10.1 Å². The Morgan fingerprint density at radius 3 is 2.30 bits per heavy atom. The van der Waals surface area contributed by atoms with Crippen molar-refractivity contribution in [1.82, 2.24) is 5.32 Å². The number of amides is 1. The monoisotopic (exact) mass is 365 g/mol. The molecule has 1 fully saturated rings. The highest BCUT2D eigenvalue weighted by Gasteiger charge is 2.31. The number of hydrogen-bond donors (Lipinski definition) is 1. The van der Waals surface area contributed by atoms with Crippen LogP contribution in [0.3, 0.4) is 0 Å². The van der Waals surface area contributed by atoms with Crippen LogP contribution in [0.5, 0.6) is 0 Å². The van der Waals surface area contributed by atoms with Crippen LogP contribution in [0.15, 0.2) is 60.7 Å². The summed E-state index contributed by atoms with van der Waals surface area (Å²) < 4.78 is 5.30. The molecule has 142 valence electrons. The van der Waals surface area contributed by atoms with Crippen LogP contribution in [0.2, 0.25) is 0 Å². The zero-order valence-corrected chi connectivity index (χ0v) is 15.8. The van der Waals surface area contributed by atoms with E-state index in [1.807, 2.05) is 36.4 Å². The SMILES string of the molecule is C[C@H](NC(=O)[C@@H]1CC[C@@H](Cc2ccccc2)C1)C(=O)OCc1ccccc1. The van der Waals surface area contributed by atoms with Crippen molar-refractivity contribution < 1.29 is 14.3 Å². The normalized spacial score (nSPS) is 20.0. The van der Waals surface area contributed by atoms with Crippen LogP contribution < -0.4 is 5.32 Å². The zero-order chi connectivity index (χ0) is 19.1. The number of nitrogens with one attached hydrogen (secondary N) is 1. The maximum Gasteiger partial charge on any atom is 0.328 e. The first-order chi connectivity index (χ1) is 13.1. The molecule has 1 N–H and O–H groups in total. The van der Waals surface area contributed by atoms with E-state index in [2.05, 4.69) is 29.6 Å². The second kappa shape index (κ2) is 9.36. The fourth-order valence-corrected chi connectivity index (χ4v) is 3.69. The summed E-state index contributed by atoms with van der Waals surface area (Å²) in [7, 11) is 0. The fraction of sp³-hybridized carbons (Fsp3) is 0.391. The molecule has 0 saturated heterocycles. The lowest BCUT2D eigenvalue weighted by atomic mass is 9.96. The lowest BCUT2D eigenvalue weighted by Gasteiger charge is -2.17. The Balaban J connectivity index is 1.42. The van der Waals surface area contributed by atoms with Gasteiger partial charge in [-0.3, -0.25) is 4.79 Å². The smallest absolute Gasteiger partial charge is 0.328 e. The lowest BCUT2D eigenvalue weighted by Crippen LogP contribution is -2.42. The molecule has 0 radical (unpaired) electrons. The molecule has 27 heavy (non-hydrogen) atoms. The van der Waals surface area contributed by atoms with Crippen LogP contribution in [0.25, 0.3) is 0 Å². The molecule has 0 bridgehead atoms. The maximum absolute atomic E-state index is 12.5. The molecule has 4 heteroatoms. The Morgan fingerprint density at radius 1 is 1.00 bits per heavy atom. The molecule has 3 atom stereocenters. The number of hydrogen-bond acceptors (Lipinski definition) is 3. The number of esters is 1. The van der Waals surface area contributed by atoms with E-state index in [1.54, 1.807) is 6.92 Å². The molecular weight excluding hydrogens is 338 g/mol. The third-order valence-corrected chi connectivity index (χ3v) is 5.22. The van der Waals surface area contributed by atoms with E-state index in [9.17, 15) is 9.59 Å². The Labute approximate surface area is 160 Å². The third-order valence-electron chi connectivity index (χ3n) is 5.22. The predicted molar refractivity (Wildman–Crippen MR) is 105 cm³/mol. The highest BCUT2D eigenvalue weighted by atomic mass is 16.5. The average molecular weight is 365 g/mol. The first-order valence-corrected chi connectivity index (χ1v) is 9.66. The number of benzene rings is 2. The van der Waals surface area contributed by atoms with Gasteiger partial charge in [0.25, 0.3) is 0 Å². The van der Waals surface area contributed by atoms with Crippen molar-refractivity contribution in [2.75, 3.05) is 0 Å². The number of carbonyl (C=O) groups excluding carboxylic acids is 2. The molecule has 1 aliphatic rings. The van der Waals surface area contributed by atoms with E-state index in [0.717, 1.165) is 31.2 Å². The second-order valence-electron chi connectivity index (χ2n) is 7.39. The Kier molecular flexibility index (Phi) is 6.64. The second-order valence-corrected chi connectivity index (χ2v) is 7.39. The Bertz CT molecular complexity index is 745. The molecule has 4 nitrogen and oxygen atoms in total. The lowest BCUT2D eigenvalue weighted by molar-refractivity contribution is -0.149. The summed E-state index contributed by atoms with van der Waals surface area (Å²) in [4.78, 5) is 24.6. The van der Waals surface area contributed by atoms with Crippen molar-refractivity contribution in [3.63, 3.8) is 0 Å². The molecule has 0 aromatic heterocycles. The van der Waals surface area contributed by atoms with Crippen LogP contribution in [0.1, 0.15) is 37.3 Å². The van der Waals surface area contributed by atoms with Crippen LogP contribution >= 0.6 is 0 Å². The maximum atomic E-state index is 12.5. The van der Waals surface area contributed by atoms with Crippen LogP contribution in [-0.2, 0) is 27.4 Å². The summed E-state index contributed by atoms with van der Waals surface area (Å²) in [6.07, 6.45) is 3.83. The standard InChI is InChI=1S/C23H27NO3/c1-17(23(26)27-16-19-10-6-3-7-11-19)24-22(25)21-13-12-20(15-21)14-18-8-4-2-5-9-18/h2-11,17,20-21H,12-16H2,1H3,(H,24,25)/t17-,20-,21+/m0/s1. The molecule has 2 aromatic carbocycles. The third kappa shape index (κ3) is 5.68. The highest BCUT2D eigenvalue weighted by molar-refractivity contribution is 5.85. The first-order valence-electron chi connectivity index (χ1n) is 9.66. The minimum Gasteiger partial charge on any atom is -0.459 e.